The molecule has 1 atom stereocenters. The molecule has 0 bridgehead atoms. The standard InChI is InChI=1S/C17H23NS/c1-5-18-17(16-11-6-13(4)19-16)15-9-7-14(8-10-15)12(2)3/h6-12,17-18H,5H2,1-4H3. The molecule has 19 heavy (non-hydrogen) atoms. The van der Waals surface area contributed by atoms with Crippen molar-refractivity contribution in [2.75, 3.05) is 6.54 Å². The first-order valence-electron chi connectivity index (χ1n) is 7.01. The monoisotopic (exact) mass is 273 g/mol. The van der Waals surface area contributed by atoms with Crippen molar-refractivity contribution in [3.8, 4) is 0 Å². The molecule has 2 aromatic rings. The van der Waals surface area contributed by atoms with Crippen LogP contribution in [0.4, 0.5) is 0 Å². The van der Waals surface area contributed by atoms with Gasteiger partial charge in [0, 0.05) is 9.75 Å². The van der Waals surface area contributed by atoms with Crippen LogP contribution in [0.15, 0.2) is 36.4 Å². The van der Waals surface area contributed by atoms with Gasteiger partial charge in [0.2, 0.25) is 0 Å². The van der Waals surface area contributed by atoms with Gasteiger partial charge in [-0.2, -0.15) is 0 Å². The predicted molar refractivity (Wildman–Crippen MR) is 85.1 cm³/mol. The number of rotatable bonds is 5. The van der Waals surface area contributed by atoms with Crippen LogP contribution in [0.1, 0.15) is 53.6 Å². The lowest BCUT2D eigenvalue weighted by Gasteiger charge is -2.18. The van der Waals surface area contributed by atoms with E-state index < -0.39 is 0 Å². The van der Waals surface area contributed by atoms with E-state index in [4.69, 9.17) is 0 Å². The highest BCUT2D eigenvalue weighted by molar-refractivity contribution is 7.12. The molecule has 1 nitrogen and oxygen atoms in total. The first-order chi connectivity index (χ1) is 9.11. The Morgan fingerprint density at radius 2 is 1.63 bits per heavy atom. The highest BCUT2D eigenvalue weighted by Gasteiger charge is 2.14. The summed E-state index contributed by atoms with van der Waals surface area (Å²) in [5, 5.41) is 3.59. The van der Waals surface area contributed by atoms with Crippen molar-refractivity contribution in [2.45, 2.75) is 39.7 Å². The van der Waals surface area contributed by atoms with Crippen molar-refractivity contribution in [1.82, 2.24) is 5.32 Å². The minimum Gasteiger partial charge on any atom is -0.306 e. The van der Waals surface area contributed by atoms with Crippen molar-refractivity contribution in [3.05, 3.63) is 57.3 Å². The van der Waals surface area contributed by atoms with Gasteiger partial charge in [0.25, 0.3) is 0 Å². The summed E-state index contributed by atoms with van der Waals surface area (Å²) in [6, 6.07) is 13.8. The summed E-state index contributed by atoms with van der Waals surface area (Å²) < 4.78 is 0. The van der Waals surface area contributed by atoms with Crippen molar-refractivity contribution in [3.63, 3.8) is 0 Å². The van der Waals surface area contributed by atoms with E-state index in [1.165, 1.54) is 20.9 Å². The van der Waals surface area contributed by atoms with Gasteiger partial charge >= 0.3 is 0 Å². The molecule has 1 aromatic heterocycles. The predicted octanol–water partition coefficient (Wildman–Crippen LogP) is 4.88. The number of aryl methyl sites for hydroxylation is 1. The molecule has 0 aliphatic rings. The Bertz CT molecular complexity index is 510. The smallest absolute Gasteiger partial charge is 0.0671 e. The van der Waals surface area contributed by atoms with Crippen LogP contribution in [0.25, 0.3) is 0 Å². The van der Waals surface area contributed by atoms with E-state index >= 15 is 0 Å². The largest absolute Gasteiger partial charge is 0.306 e. The van der Waals surface area contributed by atoms with E-state index in [-0.39, 0.29) is 0 Å². The molecule has 1 N–H and O–H groups in total. The van der Waals surface area contributed by atoms with Gasteiger partial charge in [0.05, 0.1) is 6.04 Å². The fourth-order valence-corrected chi connectivity index (χ4v) is 3.25. The molecule has 0 saturated carbocycles. The second kappa shape index (κ2) is 6.36. The van der Waals surface area contributed by atoms with Crippen LogP contribution in [-0.4, -0.2) is 6.54 Å². The maximum Gasteiger partial charge on any atom is 0.0671 e. The van der Waals surface area contributed by atoms with Gasteiger partial charge in [-0.1, -0.05) is 45.0 Å². The van der Waals surface area contributed by atoms with Gasteiger partial charge < -0.3 is 5.32 Å². The minimum atomic E-state index is 0.324. The van der Waals surface area contributed by atoms with Crippen molar-refractivity contribution in [1.29, 1.82) is 0 Å². The van der Waals surface area contributed by atoms with Crippen LogP contribution < -0.4 is 5.32 Å². The lowest BCUT2D eigenvalue weighted by molar-refractivity contribution is 0.639. The zero-order valence-electron chi connectivity index (χ0n) is 12.2. The van der Waals surface area contributed by atoms with E-state index in [9.17, 15) is 0 Å². The molecule has 0 amide bonds. The highest BCUT2D eigenvalue weighted by Crippen LogP contribution is 2.29. The third-order valence-electron chi connectivity index (χ3n) is 3.39. The van der Waals surface area contributed by atoms with Crippen LogP contribution in [0, 0.1) is 6.92 Å². The summed E-state index contributed by atoms with van der Waals surface area (Å²) in [6.07, 6.45) is 0. The van der Waals surface area contributed by atoms with Crippen molar-refractivity contribution < 1.29 is 0 Å². The van der Waals surface area contributed by atoms with E-state index in [0.29, 0.717) is 12.0 Å². The summed E-state index contributed by atoms with van der Waals surface area (Å²) in [6.45, 7) is 9.78. The Balaban J connectivity index is 2.28. The molecule has 1 unspecified atom stereocenters. The third-order valence-corrected chi connectivity index (χ3v) is 4.46. The molecule has 1 aromatic carbocycles. The van der Waals surface area contributed by atoms with Crippen molar-refractivity contribution in [2.24, 2.45) is 0 Å². The van der Waals surface area contributed by atoms with Gasteiger partial charge in [-0.25, -0.2) is 0 Å². The van der Waals surface area contributed by atoms with Crippen LogP contribution in [0.3, 0.4) is 0 Å². The van der Waals surface area contributed by atoms with E-state index in [1.807, 2.05) is 11.3 Å². The molecule has 2 rings (SSSR count). The number of nitrogens with one attached hydrogen (secondary N) is 1. The minimum absolute atomic E-state index is 0.324. The Kier molecular flexibility index (Phi) is 4.78. The first kappa shape index (κ1) is 14.3. The molecule has 102 valence electrons. The Hall–Kier alpha value is -1.12. The van der Waals surface area contributed by atoms with Crippen LogP contribution in [0.5, 0.6) is 0 Å². The fourth-order valence-electron chi connectivity index (χ4n) is 2.27. The fraction of sp³-hybridized carbons (Fsp3) is 0.412. The average Bonchev–Trinajstić information content (AvgIpc) is 2.82. The molecule has 0 spiro atoms. The molecule has 0 fully saturated rings. The molecule has 0 aliphatic carbocycles. The SMILES string of the molecule is CCNC(c1ccc(C(C)C)cc1)c1ccc(C)s1. The van der Waals surface area contributed by atoms with E-state index in [2.05, 4.69) is 69.4 Å². The lowest BCUT2D eigenvalue weighted by atomic mass is 9.98. The summed E-state index contributed by atoms with van der Waals surface area (Å²) >= 11 is 1.88. The molecule has 0 radical (unpaired) electrons. The quantitative estimate of drug-likeness (QED) is 0.818. The Labute approximate surface area is 120 Å². The number of benzene rings is 1. The summed E-state index contributed by atoms with van der Waals surface area (Å²) in [4.78, 5) is 2.77. The Morgan fingerprint density at radius 1 is 1.00 bits per heavy atom. The van der Waals surface area contributed by atoms with Gasteiger partial charge in [-0.15, -0.1) is 11.3 Å². The maximum absolute atomic E-state index is 3.59. The van der Waals surface area contributed by atoms with Crippen molar-refractivity contribution >= 4 is 11.3 Å². The molecule has 1 heterocycles. The summed E-state index contributed by atoms with van der Waals surface area (Å²) in [5.41, 5.74) is 2.76. The summed E-state index contributed by atoms with van der Waals surface area (Å²) in [7, 11) is 0. The van der Waals surface area contributed by atoms with Gasteiger partial charge in [-0.3, -0.25) is 0 Å². The maximum atomic E-state index is 3.59. The highest BCUT2D eigenvalue weighted by atomic mass is 32.1. The van der Waals surface area contributed by atoms with Gasteiger partial charge in [0.15, 0.2) is 0 Å². The third kappa shape index (κ3) is 3.46. The number of hydrogen-bond acceptors (Lipinski definition) is 2. The Morgan fingerprint density at radius 3 is 2.11 bits per heavy atom. The lowest BCUT2D eigenvalue weighted by Crippen LogP contribution is -2.21. The normalized spacial score (nSPS) is 12.9. The van der Waals surface area contributed by atoms with Gasteiger partial charge in [0.1, 0.15) is 0 Å². The molecule has 0 saturated heterocycles. The zero-order chi connectivity index (χ0) is 13.8. The zero-order valence-corrected chi connectivity index (χ0v) is 13.1. The van der Waals surface area contributed by atoms with Crippen LogP contribution in [0.2, 0.25) is 0 Å². The second-order valence-corrected chi connectivity index (χ2v) is 6.58. The summed E-state index contributed by atoms with van der Waals surface area (Å²) in [5.74, 6) is 0.593. The average molecular weight is 273 g/mol. The first-order valence-corrected chi connectivity index (χ1v) is 7.83. The number of thiophene rings is 1. The van der Waals surface area contributed by atoms with Crippen LogP contribution in [-0.2, 0) is 0 Å². The number of hydrogen-bond donors (Lipinski definition) is 1. The van der Waals surface area contributed by atoms with E-state index in [0.717, 1.165) is 6.54 Å². The van der Waals surface area contributed by atoms with E-state index in [1.54, 1.807) is 0 Å². The molecule has 0 aliphatic heterocycles. The van der Waals surface area contributed by atoms with Gasteiger partial charge in [-0.05, 0) is 42.6 Å². The van der Waals surface area contributed by atoms with Crippen LogP contribution >= 0.6 is 11.3 Å². The molecular weight excluding hydrogens is 250 g/mol. The second-order valence-electron chi connectivity index (χ2n) is 5.26. The topological polar surface area (TPSA) is 12.0 Å². The molecular formula is C17H23NS. The molecule has 2 heteroatoms.